The van der Waals surface area contributed by atoms with Crippen molar-refractivity contribution in [2.45, 2.75) is 36.9 Å². The van der Waals surface area contributed by atoms with Gasteiger partial charge in [0.05, 0.1) is 19.3 Å². The molecule has 178 valence electrons. The first-order valence-electron chi connectivity index (χ1n) is 7.43. The van der Waals surface area contributed by atoms with Crippen LogP contribution in [0.15, 0.2) is 0 Å². The van der Waals surface area contributed by atoms with E-state index in [0.29, 0.717) is 0 Å². The van der Waals surface area contributed by atoms with Gasteiger partial charge in [-0.25, -0.2) is 13.9 Å². The standard InChI is InChI=1S/C7H13O10P.C4H9O7P/c8-3(1-4(9)7(12)13)6(11)5(10)2-17-18(14,15)16;5-1-3(6)4(7)2-11-12(8,9)10/h3,5-6,8,10-11H,1-2H2,(H,12,13)(H2,14,15,16);1,3-4,6-7H,2H2,(H2,8,9,10)/t3-,5-,6+;3-,4+/m10/s1. The van der Waals surface area contributed by atoms with Crippen molar-refractivity contribution in [3.8, 4) is 0 Å². The van der Waals surface area contributed by atoms with E-state index >= 15 is 0 Å². The van der Waals surface area contributed by atoms with Crippen LogP contribution in [0.3, 0.4) is 0 Å². The molecule has 0 unspecified atom stereocenters. The van der Waals surface area contributed by atoms with Crippen LogP contribution in [-0.4, -0.2) is 112 Å². The van der Waals surface area contributed by atoms with Gasteiger partial charge in [-0.1, -0.05) is 0 Å². The Kier molecular flexibility index (Phi) is 14.5. The number of aliphatic hydroxyl groups excluding tert-OH is 5. The number of carboxylic acid groups (broad SMARTS) is 1. The van der Waals surface area contributed by atoms with Gasteiger partial charge in [-0.3, -0.25) is 13.8 Å². The smallest absolute Gasteiger partial charge is 0.469 e. The molecule has 0 saturated heterocycles. The SMILES string of the molecule is O=C(O)C(=O)C[C@@H](O)[C@H](O)[C@H](O)COP(=O)(O)O.O=C[C@H](O)[C@H](O)COP(=O)(O)O. The van der Waals surface area contributed by atoms with E-state index in [-0.39, 0.29) is 6.29 Å². The molecule has 0 saturated carbocycles. The second-order valence-electron chi connectivity index (χ2n) is 5.32. The Morgan fingerprint density at radius 2 is 1.20 bits per heavy atom. The summed E-state index contributed by atoms with van der Waals surface area (Å²) in [4.78, 5) is 63.5. The van der Waals surface area contributed by atoms with Crippen LogP contribution in [-0.2, 0) is 32.6 Å². The zero-order chi connectivity index (χ0) is 24.3. The van der Waals surface area contributed by atoms with E-state index in [4.69, 9.17) is 40.0 Å². The number of ketones is 1. The second kappa shape index (κ2) is 14.0. The van der Waals surface area contributed by atoms with Crippen molar-refractivity contribution in [1.29, 1.82) is 0 Å². The lowest BCUT2D eigenvalue weighted by Crippen LogP contribution is -2.41. The van der Waals surface area contributed by atoms with Gasteiger partial charge >= 0.3 is 21.6 Å². The van der Waals surface area contributed by atoms with Gasteiger partial charge in [-0.05, 0) is 0 Å². The minimum Gasteiger partial charge on any atom is -0.475 e. The molecule has 0 spiro atoms. The van der Waals surface area contributed by atoms with E-state index < -0.39 is 77.6 Å². The third kappa shape index (κ3) is 16.6. The minimum absolute atomic E-state index is 0.0354. The number of carbonyl (C=O) groups is 3. The zero-order valence-corrected chi connectivity index (χ0v) is 16.6. The maximum atomic E-state index is 10.7. The van der Waals surface area contributed by atoms with Crippen LogP contribution >= 0.6 is 15.6 Å². The molecule has 0 aliphatic heterocycles. The largest absolute Gasteiger partial charge is 0.475 e. The molecule has 19 heteroatoms. The number of hydrogen-bond acceptors (Lipinski definition) is 12. The minimum atomic E-state index is -4.85. The summed E-state index contributed by atoms with van der Waals surface area (Å²) < 4.78 is 28.0. The van der Waals surface area contributed by atoms with Gasteiger partial charge in [0.15, 0.2) is 6.29 Å². The van der Waals surface area contributed by atoms with Crippen LogP contribution < -0.4 is 0 Å². The van der Waals surface area contributed by atoms with Crippen LogP contribution in [0.1, 0.15) is 6.42 Å². The lowest BCUT2D eigenvalue weighted by molar-refractivity contribution is -0.151. The maximum Gasteiger partial charge on any atom is 0.469 e. The fourth-order valence-corrected chi connectivity index (χ4v) is 1.98. The van der Waals surface area contributed by atoms with Crippen LogP contribution in [0.4, 0.5) is 0 Å². The quantitative estimate of drug-likeness (QED) is 0.0660. The summed E-state index contributed by atoms with van der Waals surface area (Å²) in [7, 11) is -9.50. The number of carbonyl (C=O) groups excluding carboxylic acids is 2. The average Bonchev–Trinajstić information content (AvgIpc) is 2.61. The molecule has 17 nitrogen and oxygen atoms in total. The highest BCUT2D eigenvalue weighted by Gasteiger charge is 2.30. The van der Waals surface area contributed by atoms with Crippen molar-refractivity contribution in [2.24, 2.45) is 0 Å². The van der Waals surface area contributed by atoms with E-state index in [1.807, 2.05) is 0 Å². The van der Waals surface area contributed by atoms with E-state index in [1.54, 1.807) is 0 Å². The Morgan fingerprint density at radius 3 is 1.53 bits per heavy atom. The highest BCUT2D eigenvalue weighted by molar-refractivity contribution is 7.46. The predicted octanol–water partition coefficient (Wildman–Crippen LogP) is -4.76. The first kappa shape index (κ1) is 31.0. The van der Waals surface area contributed by atoms with Crippen LogP contribution in [0.2, 0.25) is 0 Å². The number of aliphatic carboxylic acids is 1. The molecule has 0 aromatic rings. The number of phosphoric acid groups is 2. The Morgan fingerprint density at radius 1 is 0.800 bits per heavy atom. The Labute approximate surface area is 167 Å². The molecule has 0 aliphatic rings. The molecule has 0 bridgehead atoms. The lowest BCUT2D eigenvalue weighted by atomic mass is 10.0. The number of Topliss-reactive ketones (excluding diaryl/α,β-unsaturated/α-hetero) is 1. The summed E-state index contributed by atoms with van der Waals surface area (Å²) >= 11 is 0. The van der Waals surface area contributed by atoms with Crippen molar-refractivity contribution in [2.75, 3.05) is 13.2 Å². The summed E-state index contributed by atoms with van der Waals surface area (Å²) in [6.45, 7) is -1.80. The van der Waals surface area contributed by atoms with Gasteiger partial charge in [0.2, 0.25) is 5.78 Å². The number of hydrogen-bond donors (Lipinski definition) is 10. The van der Waals surface area contributed by atoms with E-state index in [9.17, 15) is 33.7 Å². The fourth-order valence-electron chi connectivity index (χ4n) is 1.29. The predicted molar refractivity (Wildman–Crippen MR) is 89.3 cm³/mol. The molecule has 5 atom stereocenters. The monoisotopic (exact) mass is 488 g/mol. The van der Waals surface area contributed by atoms with Crippen molar-refractivity contribution in [1.82, 2.24) is 0 Å². The van der Waals surface area contributed by atoms with Crippen LogP contribution in [0.5, 0.6) is 0 Å². The molecule has 0 fully saturated rings. The van der Waals surface area contributed by atoms with Gasteiger partial charge in [0.25, 0.3) is 0 Å². The van der Waals surface area contributed by atoms with Crippen LogP contribution in [0.25, 0.3) is 0 Å². The van der Waals surface area contributed by atoms with Crippen molar-refractivity contribution in [3.05, 3.63) is 0 Å². The van der Waals surface area contributed by atoms with E-state index in [2.05, 4.69) is 9.05 Å². The van der Waals surface area contributed by atoms with E-state index in [0.717, 1.165) is 0 Å². The molecule has 10 N–H and O–H groups in total. The summed E-state index contributed by atoms with van der Waals surface area (Å²) in [6, 6.07) is 0. The molecule has 0 radical (unpaired) electrons. The third-order valence-corrected chi connectivity index (χ3v) is 3.75. The number of phosphoric ester groups is 2. The van der Waals surface area contributed by atoms with Crippen molar-refractivity contribution < 1.29 is 82.8 Å². The van der Waals surface area contributed by atoms with Gasteiger partial charge < -0.3 is 55.0 Å². The van der Waals surface area contributed by atoms with E-state index in [1.165, 1.54) is 0 Å². The number of carboxylic acids is 1. The maximum absolute atomic E-state index is 10.7. The summed E-state index contributed by atoms with van der Waals surface area (Å²) in [5.41, 5.74) is 0. The highest BCUT2D eigenvalue weighted by atomic mass is 31.2. The second-order valence-corrected chi connectivity index (χ2v) is 7.80. The number of aliphatic hydroxyl groups is 5. The third-order valence-electron chi connectivity index (χ3n) is 2.78. The summed E-state index contributed by atoms with van der Waals surface area (Å²) in [6.07, 6.45) is -10.0. The Hall–Kier alpha value is -1.17. The zero-order valence-electron chi connectivity index (χ0n) is 14.8. The van der Waals surface area contributed by atoms with Gasteiger partial charge in [-0.2, -0.15) is 0 Å². The highest BCUT2D eigenvalue weighted by Crippen LogP contribution is 2.36. The molecular weight excluding hydrogens is 466 g/mol. The first-order valence-corrected chi connectivity index (χ1v) is 10.5. The van der Waals surface area contributed by atoms with Gasteiger partial charge in [0, 0.05) is 6.42 Å². The molecule has 0 aromatic heterocycles. The topological polar surface area (TPSA) is 306 Å². The van der Waals surface area contributed by atoms with Gasteiger partial charge in [0.1, 0.15) is 24.4 Å². The molecular formula is C11H22O17P2. The molecule has 0 amide bonds. The Bertz CT molecular complexity index is 640. The average molecular weight is 488 g/mol. The molecule has 0 heterocycles. The van der Waals surface area contributed by atoms with Crippen molar-refractivity contribution >= 4 is 33.7 Å². The molecule has 30 heavy (non-hydrogen) atoms. The van der Waals surface area contributed by atoms with Gasteiger partial charge in [-0.15, -0.1) is 0 Å². The fraction of sp³-hybridized carbons (Fsp3) is 0.727. The first-order chi connectivity index (χ1) is 13.4. The van der Waals surface area contributed by atoms with Crippen molar-refractivity contribution in [3.63, 3.8) is 0 Å². The summed E-state index contributed by atoms with van der Waals surface area (Å²) in [5, 5.41) is 53.1. The van der Waals surface area contributed by atoms with Crippen LogP contribution in [0, 0.1) is 0 Å². The molecule has 0 aliphatic carbocycles. The molecule has 0 rings (SSSR count). The Balaban J connectivity index is 0. The normalized spacial score (nSPS) is 17.0. The number of rotatable bonds is 13. The number of aldehydes is 1. The molecule has 0 aromatic carbocycles. The summed E-state index contributed by atoms with van der Waals surface area (Å²) in [5.74, 6) is -3.20. The lowest BCUT2D eigenvalue weighted by Gasteiger charge is -2.21.